The Morgan fingerprint density at radius 3 is 2.46 bits per heavy atom. The number of carbonyl (C=O) groups is 1. The number of nitrogens with zero attached hydrogens (tertiary/aromatic N) is 2. The van der Waals surface area contributed by atoms with Crippen LogP contribution in [0, 0.1) is 6.92 Å². The van der Waals surface area contributed by atoms with Crippen LogP contribution >= 0.6 is 0 Å². The van der Waals surface area contributed by atoms with Crippen LogP contribution in [0.15, 0.2) is 46.0 Å². The minimum Gasteiger partial charge on any atom is -0.494 e. The monoisotopic (exact) mass is 380 g/mol. The predicted molar refractivity (Wildman–Crippen MR) is 104 cm³/mol. The van der Waals surface area contributed by atoms with Gasteiger partial charge in [0.05, 0.1) is 24.0 Å². The number of aryl methyl sites for hydroxylation is 1. The summed E-state index contributed by atoms with van der Waals surface area (Å²) < 4.78 is 5.37. The second-order valence-electron chi connectivity index (χ2n) is 5.79. The van der Waals surface area contributed by atoms with Gasteiger partial charge in [-0.3, -0.25) is 14.6 Å². The fourth-order valence-electron chi connectivity index (χ4n) is 2.86. The van der Waals surface area contributed by atoms with Gasteiger partial charge in [0.15, 0.2) is 5.52 Å². The first-order chi connectivity index (χ1) is 13.5. The van der Waals surface area contributed by atoms with Crippen molar-refractivity contribution in [3.8, 4) is 17.1 Å². The number of carboxylic acid groups (broad SMARTS) is 1. The minimum absolute atomic E-state index is 0.177. The van der Waals surface area contributed by atoms with Gasteiger partial charge >= 0.3 is 5.69 Å². The van der Waals surface area contributed by atoms with E-state index in [9.17, 15) is 9.59 Å². The summed E-state index contributed by atoms with van der Waals surface area (Å²) >= 11 is 0. The van der Waals surface area contributed by atoms with Crippen LogP contribution in [0.2, 0.25) is 0 Å². The summed E-state index contributed by atoms with van der Waals surface area (Å²) in [4.78, 5) is 45.7. The molecule has 1 aromatic carbocycles. The first-order valence-electron chi connectivity index (χ1n) is 8.14. The van der Waals surface area contributed by atoms with E-state index >= 15 is 0 Å². The Morgan fingerprint density at radius 1 is 1.04 bits per heavy atom. The standard InChI is InChI=1S/C18H14N4O3.CH2O2/c1-9-8-12(20-16-14(9)21-18(24)22-17(16)23)11-7-6-10-4-3-5-13(25-2)15(10)19-11;2-1-3/h3-8H,1-2H3,(H2,21,22,23,24);1H,(H,2,3). The van der Waals surface area contributed by atoms with Gasteiger partial charge in [-0.15, -0.1) is 0 Å². The highest BCUT2D eigenvalue weighted by Crippen LogP contribution is 2.27. The molecule has 9 nitrogen and oxygen atoms in total. The maximum atomic E-state index is 12.1. The molecule has 0 aliphatic carbocycles. The molecule has 0 bridgehead atoms. The third-order valence-corrected chi connectivity index (χ3v) is 4.06. The summed E-state index contributed by atoms with van der Waals surface area (Å²) in [5.74, 6) is 0.666. The smallest absolute Gasteiger partial charge is 0.326 e. The minimum atomic E-state index is -0.552. The van der Waals surface area contributed by atoms with E-state index in [0.717, 1.165) is 16.5 Å². The molecule has 9 heteroatoms. The lowest BCUT2D eigenvalue weighted by Gasteiger charge is -2.08. The Morgan fingerprint density at radius 2 is 1.75 bits per heavy atom. The van der Waals surface area contributed by atoms with E-state index in [0.29, 0.717) is 22.7 Å². The van der Waals surface area contributed by atoms with E-state index in [1.165, 1.54) is 0 Å². The predicted octanol–water partition coefficient (Wildman–Crippen LogP) is 1.84. The molecule has 0 aliphatic heterocycles. The number of pyridine rings is 2. The van der Waals surface area contributed by atoms with Crippen molar-refractivity contribution in [2.45, 2.75) is 6.92 Å². The molecule has 0 spiro atoms. The number of methoxy groups -OCH3 is 1. The summed E-state index contributed by atoms with van der Waals surface area (Å²) in [6, 6.07) is 11.3. The molecule has 0 aliphatic rings. The summed E-state index contributed by atoms with van der Waals surface area (Å²) in [7, 11) is 1.59. The molecule has 142 valence electrons. The van der Waals surface area contributed by atoms with Gasteiger partial charge in [0.1, 0.15) is 11.3 Å². The third-order valence-electron chi connectivity index (χ3n) is 4.06. The lowest BCUT2D eigenvalue weighted by atomic mass is 10.1. The van der Waals surface area contributed by atoms with Crippen LogP contribution in [0.4, 0.5) is 0 Å². The number of nitrogens with one attached hydrogen (secondary N) is 2. The Balaban J connectivity index is 0.000000706. The van der Waals surface area contributed by atoms with Crippen molar-refractivity contribution in [3.05, 3.63) is 62.8 Å². The molecule has 4 rings (SSSR count). The average molecular weight is 380 g/mol. The highest BCUT2D eigenvalue weighted by atomic mass is 16.5. The van der Waals surface area contributed by atoms with E-state index in [4.69, 9.17) is 14.6 Å². The van der Waals surface area contributed by atoms with Crippen LogP contribution in [-0.2, 0) is 4.79 Å². The highest BCUT2D eigenvalue weighted by Gasteiger charge is 2.11. The Bertz CT molecular complexity index is 1290. The number of para-hydroxylation sites is 1. The maximum absolute atomic E-state index is 12.1. The van der Waals surface area contributed by atoms with Gasteiger partial charge < -0.3 is 14.8 Å². The number of hydrogen-bond acceptors (Lipinski definition) is 6. The fraction of sp³-hybridized carbons (Fsp3) is 0.105. The Labute approximate surface area is 157 Å². The summed E-state index contributed by atoms with van der Waals surface area (Å²) in [5.41, 5.74) is 2.16. The van der Waals surface area contributed by atoms with E-state index < -0.39 is 11.2 Å². The van der Waals surface area contributed by atoms with Crippen molar-refractivity contribution >= 4 is 28.4 Å². The van der Waals surface area contributed by atoms with Gasteiger partial charge in [-0.25, -0.2) is 14.8 Å². The summed E-state index contributed by atoms with van der Waals surface area (Å²) in [6.07, 6.45) is 0. The van der Waals surface area contributed by atoms with Crippen molar-refractivity contribution in [3.63, 3.8) is 0 Å². The SMILES string of the molecule is COc1cccc2ccc(-c3cc(C)c4[nH]c(=O)[nH]c(=O)c4n3)nc12.O=CO. The largest absolute Gasteiger partial charge is 0.494 e. The second-order valence-corrected chi connectivity index (χ2v) is 5.79. The van der Waals surface area contributed by atoms with Crippen LogP contribution in [-0.4, -0.2) is 38.6 Å². The maximum Gasteiger partial charge on any atom is 0.326 e. The lowest BCUT2D eigenvalue weighted by Crippen LogP contribution is -2.23. The highest BCUT2D eigenvalue weighted by molar-refractivity contribution is 5.87. The normalized spacial score (nSPS) is 10.4. The number of fused-ring (bicyclic) bond motifs is 2. The van der Waals surface area contributed by atoms with E-state index in [1.54, 1.807) is 13.2 Å². The average Bonchev–Trinajstić information content (AvgIpc) is 2.68. The molecule has 0 amide bonds. The molecular weight excluding hydrogens is 364 g/mol. The van der Waals surface area contributed by atoms with Gasteiger partial charge in [-0.1, -0.05) is 18.2 Å². The van der Waals surface area contributed by atoms with E-state index in [-0.39, 0.29) is 12.0 Å². The van der Waals surface area contributed by atoms with Crippen molar-refractivity contribution in [2.24, 2.45) is 0 Å². The third kappa shape index (κ3) is 3.45. The zero-order valence-corrected chi connectivity index (χ0v) is 15.0. The molecule has 3 heterocycles. The number of H-pyrrole nitrogens is 2. The molecular formula is C19H16N4O5. The van der Waals surface area contributed by atoms with Gasteiger partial charge in [0.2, 0.25) is 0 Å². The molecule has 0 fully saturated rings. The summed E-state index contributed by atoms with van der Waals surface area (Å²) in [5, 5.41) is 7.84. The number of hydrogen-bond donors (Lipinski definition) is 3. The number of aromatic nitrogens is 4. The van der Waals surface area contributed by atoms with Crippen LogP contribution in [0.1, 0.15) is 5.56 Å². The molecule has 0 unspecified atom stereocenters. The molecule has 3 aromatic heterocycles. The number of ether oxygens (including phenoxy) is 1. The topological polar surface area (TPSA) is 138 Å². The second kappa shape index (κ2) is 7.70. The molecule has 0 radical (unpaired) electrons. The zero-order valence-electron chi connectivity index (χ0n) is 15.0. The van der Waals surface area contributed by atoms with Gasteiger partial charge in [0, 0.05) is 5.39 Å². The van der Waals surface area contributed by atoms with E-state index in [2.05, 4.69) is 19.9 Å². The Hall–Kier alpha value is -4.01. The van der Waals surface area contributed by atoms with Gasteiger partial charge in [-0.2, -0.15) is 0 Å². The number of benzene rings is 1. The molecule has 0 saturated heterocycles. The van der Waals surface area contributed by atoms with Crippen LogP contribution in [0.5, 0.6) is 5.75 Å². The quantitative estimate of drug-likeness (QED) is 0.451. The Kier molecular flexibility index (Phi) is 5.16. The molecule has 0 atom stereocenters. The van der Waals surface area contributed by atoms with Crippen molar-refractivity contribution < 1.29 is 14.6 Å². The molecule has 28 heavy (non-hydrogen) atoms. The number of aromatic amines is 2. The fourth-order valence-corrected chi connectivity index (χ4v) is 2.86. The molecule has 0 saturated carbocycles. The zero-order chi connectivity index (χ0) is 20.3. The van der Waals surface area contributed by atoms with Crippen molar-refractivity contribution in [2.75, 3.05) is 7.11 Å². The summed E-state index contributed by atoms with van der Waals surface area (Å²) in [6.45, 7) is 1.56. The van der Waals surface area contributed by atoms with Gasteiger partial charge in [0.25, 0.3) is 12.0 Å². The first kappa shape index (κ1) is 18.8. The van der Waals surface area contributed by atoms with Crippen LogP contribution < -0.4 is 16.0 Å². The van der Waals surface area contributed by atoms with Crippen LogP contribution in [0.25, 0.3) is 33.3 Å². The molecule has 3 N–H and O–H groups in total. The van der Waals surface area contributed by atoms with Crippen LogP contribution in [0.3, 0.4) is 0 Å². The lowest BCUT2D eigenvalue weighted by molar-refractivity contribution is -0.122. The van der Waals surface area contributed by atoms with E-state index in [1.807, 2.05) is 37.3 Å². The van der Waals surface area contributed by atoms with Crippen molar-refractivity contribution in [1.29, 1.82) is 0 Å². The van der Waals surface area contributed by atoms with Crippen molar-refractivity contribution in [1.82, 2.24) is 19.9 Å². The molecule has 4 aromatic rings. The first-order valence-corrected chi connectivity index (χ1v) is 8.14. The number of rotatable bonds is 2. The van der Waals surface area contributed by atoms with Gasteiger partial charge in [-0.05, 0) is 30.7 Å².